The Balaban J connectivity index is 3.04. The van der Waals surface area contributed by atoms with Gasteiger partial charge in [0.1, 0.15) is 15.4 Å². The predicted octanol–water partition coefficient (Wildman–Crippen LogP) is 1.99. The van der Waals surface area contributed by atoms with Crippen molar-refractivity contribution >= 4 is 32.8 Å². The van der Waals surface area contributed by atoms with Gasteiger partial charge in [0.2, 0.25) is 0 Å². The van der Waals surface area contributed by atoms with Crippen LogP contribution >= 0.6 is 0 Å². The lowest BCUT2D eigenvalue weighted by Gasteiger charge is -2.21. The van der Waals surface area contributed by atoms with Crippen molar-refractivity contribution in [1.82, 2.24) is 0 Å². The molecule has 0 saturated heterocycles. The maximum Gasteiger partial charge on any atom is 0.339 e. The molecule has 0 aliphatic heterocycles. The minimum atomic E-state index is -3.27. The molecule has 1 unspecified atom stereocenters. The first-order chi connectivity index (χ1) is 11.1. The number of hydrogen-bond donors (Lipinski definition) is 2. The third kappa shape index (κ3) is 5.25. The van der Waals surface area contributed by atoms with Gasteiger partial charge in [0.25, 0.3) is 11.3 Å². The first-order valence-corrected chi connectivity index (χ1v) is 10.1. The number of carboxylic acid groups (broad SMARTS) is 1. The summed E-state index contributed by atoms with van der Waals surface area (Å²) in [5, 5.41) is 9.06. The van der Waals surface area contributed by atoms with Gasteiger partial charge in [0, 0.05) is 12.3 Å². The highest BCUT2D eigenvalue weighted by atomic mass is 32.2. The van der Waals surface area contributed by atoms with E-state index in [1.54, 1.807) is 6.92 Å². The molecule has 1 aromatic carbocycles. The fourth-order valence-corrected chi connectivity index (χ4v) is 4.23. The van der Waals surface area contributed by atoms with Crippen LogP contribution in [-0.4, -0.2) is 46.3 Å². The molecule has 0 aromatic heterocycles. The van der Waals surface area contributed by atoms with Crippen molar-refractivity contribution in [2.24, 2.45) is 0 Å². The lowest BCUT2D eigenvalue weighted by Crippen LogP contribution is -2.29. The molecule has 7 nitrogen and oxygen atoms in total. The normalized spacial score (nSPS) is 12.8. The first-order valence-electron chi connectivity index (χ1n) is 7.22. The smallest absolute Gasteiger partial charge is 0.339 e. The van der Waals surface area contributed by atoms with E-state index in [1.807, 2.05) is 0 Å². The maximum atomic E-state index is 14.4. The molecule has 2 N–H and O–H groups in total. The molecule has 10 heteroatoms. The highest BCUT2D eigenvalue weighted by Crippen LogP contribution is 2.26. The summed E-state index contributed by atoms with van der Waals surface area (Å²) in [7, 11) is -3.27. The Hall–Kier alpha value is -1.52. The number of aryl methyl sites for hydroxylation is 1. The van der Waals surface area contributed by atoms with Crippen molar-refractivity contribution in [3.63, 3.8) is 0 Å². The summed E-state index contributed by atoms with van der Waals surface area (Å²) < 4.78 is 59.3. The number of benzene rings is 1. The van der Waals surface area contributed by atoms with Crippen LogP contribution in [0.2, 0.25) is 0 Å². The highest BCUT2D eigenvalue weighted by molar-refractivity contribution is 7.91. The van der Waals surface area contributed by atoms with E-state index in [1.165, 1.54) is 19.1 Å². The molecule has 136 valence electrons. The number of rotatable bonds is 9. The summed E-state index contributed by atoms with van der Waals surface area (Å²) in [5.74, 6) is -2.80. The molecule has 0 heterocycles. The summed E-state index contributed by atoms with van der Waals surface area (Å²) in [6.07, 6.45) is 0.483. The summed E-state index contributed by atoms with van der Waals surface area (Å²) in [6.45, 7) is 2.93. The summed E-state index contributed by atoms with van der Waals surface area (Å²) >= 11 is -2.62. The molecular formula is C14H20FNO6S2. The molecule has 1 aromatic rings. The summed E-state index contributed by atoms with van der Waals surface area (Å²) in [5.41, 5.74) is -0.758. The van der Waals surface area contributed by atoms with Gasteiger partial charge < -0.3 is 5.11 Å². The van der Waals surface area contributed by atoms with Gasteiger partial charge in [0.15, 0.2) is 5.82 Å². The van der Waals surface area contributed by atoms with Crippen LogP contribution < -0.4 is 4.31 Å². The van der Waals surface area contributed by atoms with Gasteiger partial charge >= 0.3 is 5.97 Å². The predicted molar refractivity (Wildman–Crippen MR) is 89.8 cm³/mol. The molecular weight excluding hydrogens is 361 g/mol. The van der Waals surface area contributed by atoms with E-state index >= 15 is 0 Å². The van der Waals surface area contributed by atoms with Gasteiger partial charge in [-0.15, -0.1) is 0 Å². The van der Waals surface area contributed by atoms with E-state index in [0.29, 0.717) is 6.42 Å². The van der Waals surface area contributed by atoms with E-state index < -0.39 is 38.5 Å². The largest absolute Gasteiger partial charge is 0.478 e. The van der Waals surface area contributed by atoms with Crippen molar-refractivity contribution in [2.45, 2.75) is 26.7 Å². The Morgan fingerprint density at radius 2 is 1.96 bits per heavy atom. The molecule has 0 saturated carbocycles. The van der Waals surface area contributed by atoms with Gasteiger partial charge in [-0.2, -0.15) is 0 Å². The van der Waals surface area contributed by atoms with Crippen molar-refractivity contribution in [1.29, 1.82) is 0 Å². The summed E-state index contributed by atoms with van der Waals surface area (Å²) in [4.78, 5) is 11.1. The van der Waals surface area contributed by atoms with Crippen molar-refractivity contribution in [3.8, 4) is 0 Å². The van der Waals surface area contributed by atoms with Crippen LogP contribution in [0.1, 0.15) is 35.7 Å². The molecule has 0 radical (unpaired) electrons. The van der Waals surface area contributed by atoms with E-state index in [4.69, 9.17) is 5.11 Å². The van der Waals surface area contributed by atoms with Gasteiger partial charge in [-0.25, -0.2) is 21.8 Å². The van der Waals surface area contributed by atoms with Gasteiger partial charge in [-0.1, -0.05) is 13.0 Å². The molecule has 0 bridgehead atoms. The monoisotopic (exact) mass is 381 g/mol. The lowest BCUT2D eigenvalue weighted by molar-refractivity contribution is 0.0691. The quantitative estimate of drug-likeness (QED) is 0.633. The molecule has 1 rings (SSSR count). The van der Waals surface area contributed by atoms with E-state index in [9.17, 15) is 26.4 Å². The van der Waals surface area contributed by atoms with E-state index in [-0.39, 0.29) is 35.7 Å². The van der Waals surface area contributed by atoms with E-state index in [0.717, 1.165) is 4.31 Å². The van der Waals surface area contributed by atoms with Gasteiger partial charge in [-0.3, -0.25) is 8.86 Å². The van der Waals surface area contributed by atoms with Gasteiger partial charge in [0.05, 0.1) is 11.4 Å². The average molecular weight is 381 g/mol. The second-order valence-corrected chi connectivity index (χ2v) is 8.44. The second kappa shape index (κ2) is 8.54. The third-order valence-electron chi connectivity index (χ3n) is 3.33. The van der Waals surface area contributed by atoms with Crippen LogP contribution in [0.3, 0.4) is 0 Å². The molecule has 0 spiro atoms. The Labute approximate surface area is 142 Å². The Bertz CT molecular complexity index is 735. The SMILES string of the molecule is CCCS(=O)(=O)CCCN(c1ccc(C)c(C(=O)O)c1F)S(=O)O. The van der Waals surface area contributed by atoms with Crippen molar-refractivity contribution in [2.75, 3.05) is 22.4 Å². The van der Waals surface area contributed by atoms with Crippen molar-refractivity contribution < 1.29 is 31.5 Å². The van der Waals surface area contributed by atoms with E-state index in [2.05, 4.69) is 0 Å². The molecule has 24 heavy (non-hydrogen) atoms. The van der Waals surface area contributed by atoms with Crippen LogP contribution in [0, 0.1) is 12.7 Å². The number of aromatic carboxylic acids is 1. The Morgan fingerprint density at radius 1 is 1.33 bits per heavy atom. The highest BCUT2D eigenvalue weighted by Gasteiger charge is 2.23. The molecule has 0 aliphatic rings. The Morgan fingerprint density at radius 3 is 2.46 bits per heavy atom. The molecule has 1 atom stereocenters. The van der Waals surface area contributed by atoms with Crippen LogP contribution in [0.5, 0.6) is 0 Å². The number of anilines is 1. The molecule has 0 aliphatic carbocycles. The maximum absolute atomic E-state index is 14.4. The first kappa shape index (κ1) is 20.5. The minimum absolute atomic E-state index is 0.0112. The number of halogens is 1. The Kier molecular flexibility index (Phi) is 7.30. The minimum Gasteiger partial charge on any atom is -0.478 e. The molecule has 0 fully saturated rings. The number of carbonyl (C=O) groups is 1. The van der Waals surface area contributed by atoms with Crippen LogP contribution in [-0.2, 0) is 21.1 Å². The fourth-order valence-electron chi connectivity index (χ4n) is 2.24. The zero-order valence-electron chi connectivity index (χ0n) is 13.4. The van der Waals surface area contributed by atoms with Crippen LogP contribution in [0.15, 0.2) is 12.1 Å². The van der Waals surface area contributed by atoms with Crippen LogP contribution in [0.25, 0.3) is 0 Å². The van der Waals surface area contributed by atoms with Crippen LogP contribution in [0.4, 0.5) is 10.1 Å². The number of hydrogen-bond acceptors (Lipinski definition) is 4. The zero-order valence-corrected chi connectivity index (χ0v) is 15.0. The average Bonchev–Trinajstić information content (AvgIpc) is 2.44. The standard InChI is InChI=1S/C14H20FNO6S2/c1-3-8-24(21,22)9-4-7-16(23(19)20)11-6-5-10(2)12(13(11)15)14(17)18/h5-6H,3-4,7-9H2,1-2H3,(H,17,18)(H,19,20). The van der Waals surface area contributed by atoms with Gasteiger partial charge in [-0.05, 0) is 31.4 Å². The summed E-state index contributed by atoms with van der Waals surface area (Å²) in [6, 6.07) is 2.53. The zero-order chi connectivity index (χ0) is 18.5. The topological polar surface area (TPSA) is 112 Å². The third-order valence-corrected chi connectivity index (χ3v) is 6.03. The fraction of sp³-hybridized carbons (Fsp3) is 0.500. The second-order valence-electron chi connectivity index (χ2n) is 5.23. The number of nitrogens with zero attached hydrogens (tertiary/aromatic N) is 1. The lowest BCUT2D eigenvalue weighted by atomic mass is 10.1. The number of sulfone groups is 1. The number of carboxylic acids is 1. The van der Waals surface area contributed by atoms with Crippen molar-refractivity contribution in [3.05, 3.63) is 29.1 Å². The molecule has 0 amide bonds.